The van der Waals surface area contributed by atoms with Crippen LogP contribution in [0.1, 0.15) is 12.8 Å². The third kappa shape index (κ3) is 2.94. The molecule has 1 fully saturated rings. The van der Waals surface area contributed by atoms with Gasteiger partial charge in [-0.25, -0.2) is 0 Å². The van der Waals surface area contributed by atoms with Crippen LogP contribution < -0.4 is 11.1 Å². The Kier molecular flexibility index (Phi) is 3.93. The van der Waals surface area contributed by atoms with E-state index in [1.807, 2.05) is 0 Å². The molecule has 1 aliphatic heterocycles. The van der Waals surface area contributed by atoms with E-state index in [9.17, 15) is 4.79 Å². The molecule has 1 amide bonds. The molecule has 0 radical (unpaired) electrons. The fourth-order valence-electron chi connectivity index (χ4n) is 1.75. The first kappa shape index (κ1) is 12.3. The number of rotatable bonds is 3. The maximum atomic E-state index is 11.9. The zero-order valence-electron chi connectivity index (χ0n) is 9.23. The SMILES string of the molecule is NCC1CCC(C(=O)Nc2cnccc2Cl)O1. The number of pyridine rings is 1. The number of aromatic nitrogens is 1. The van der Waals surface area contributed by atoms with E-state index in [0.717, 1.165) is 6.42 Å². The van der Waals surface area contributed by atoms with Crippen LogP contribution in [0.15, 0.2) is 18.5 Å². The van der Waals surface area contributed by atoms with E-state index >= 15 is 0 Å². The minimum Gasteiger partial charge on any atom is -0.364 e. The Hall–Kier alpha value is -1.17. The summed E-state index contributed by atoms with van der Waals surface area (Å²) in [5.41, 5.74) is 5.98. The van der Waals surface area contributed by atoms with E-state index in [0.29, 0.717) is 23.7 Å². The molecule has 92 valence electrons. The van der Waals surface area contributed by atoms with Crippen molar-refractivity contribution >= 4 is 23.2 Å². The van der Waals surface area contributed by atoms with E-state index in [1.165, 1.54) is 6.20 Å². The first-order valence-corrected chi connectivity index (χ1v) is 5.84. The normalized spacial score (nSPS) is 23.6. The standard InChI is InChI=1S/C11H14ClN3O2/c12-8-3-4-14-6-9(8)15-11(16)10-2-1-7(5-13)17-10/h3-4,6-7,10H,1-2,5,13H2,(H,15,16). The van der Waals surface area contributed by atoms with Crippen LogP contribution in [0.25, 0.3) is 0 Å². The van der Waals surface area contributed by atoms with Gasteiger partial charge >= 0.3 is 0 Å². The number of halogens is 1. The highest BCUT2D eigenvalue weighted by Gasteiger charge is 2.30. The van der Waals surface area contributed by atoms with Crippen molar-refractivity contribution in [2.24, 2.45) is 5.73 Å². The lowest BCUT2D eigenvalue weighted by Gasteiger charge is -2.13. The molecule has 2 unspecified atom stereocenters. The summed E-state index contributed by atoms with van der Waals surface area (Å²) in [6.45, 7) is 0.442. The Morgan fingerprint density at radius 2 is 2.47 bits per heavy atom. The molecule has 0 aromatic carbocycles. The monoisotopic (exact) mass is 255 g/mol. The molecule has 6 heteroatoms. The summed E-state index contributed by atoms with van der Waals surface area (Å²) in [5, 5.41) is 3.16. The average Bonchev–Trinajstić information content (AvgIpc) is 2.81. The zero-order chi connectivity index (χ0) is 12.3. The van der Waals surface area contributed by atoms with Crippen LogP contribution in [-0.2, 0) is 9.53 Å². The Morgan fingerprint density at radius 1 is 1.65 bits per heavy atom. The van der Waals surface area contributed by atoms with E-state index in [1.54, 1.807) is 12.3 Å². The molecule has 1 aromatic heterocycles. The second-order valence-electron chi connectivity index (χ2n) is 3.90. The molecule has 0 aliphatic carbocycles. The van der Waals surface area contributed by atoms with Gasteiger partial charge < -0.3 is 15.8 Å². The summed E-state index contributed by atoms with van der Waals surface area (Å²) in [6.07, 6.45) is 4.11. The maximum Gasteiger partial charge on any atom is 0.253 e. The average molecular weight is 256 g/mol. The van der Waals surface area contributed by atoms with Crippen LogP contribution >= 0.6 is 11.6 Å². The molecule has 2 atom stereocenters. The van der Waals surface area contributed by atoms with Gasteiger partial charge in [-0.15, -0.1) is 0 Å². The molecular formula is C11H14ClN3O2. The molecule has 1 aliphatic rings. The third-order valence-corrected chi connectivity index (χ3v) is 3.02. The number of nitrogens with two attached hydrogens (primary N) is 1. The highest BCUT2D eigenvalue weighted by atomic mass is 35.5. The Labute approximate surface area is 104 Å². The molecular weight excluding hydrogens is 242 g/mol. The zero-order valence-corrected chi connectivity index (χ0v) is 9.98. The van der Waals surface area contributed by atoms with E-state index in [-0.39, 0.29) is 12.0 Å². The van der Waals surface area contributed by atoms with Crippen molar-refractivity contribution in [1.29, 1.82) is 0 Å². The Morgan fingerprint density at radius 3 is 3.12 bits per heavy atom. The quantitative estimate of drug-likeness (QED) is 0.850. The van der Waals surface area contributed by atoms with Gasteiger partial charge in [-0.3, -0.25) is 9.78 Å². The molecule has 0 spiro atoms. The van der Waals surface area contributed by atoms with Crippen molar-refractivity contribution in [3.05, 3.63) is 23.5 Å². The van der Waals surface area contributed by atoms with Gasteiger partial charge in [-0.1, -0.05) is 11.6 Å². The van der Waals surface area contributed by atoms with Gasteiger partial charge in [0, 0.05) is 12.7 Å². The topological polar surface area (TPSA) is 77.2 Å². The van der Waals surface area contributed by atoms with Crippen molar-refractivity contribution in [2.45, 2.75) is 25.0 Å². The molecule has 0 bridgehead atoms. The number of carbonyl (C=O) groups excluding carboxylic acids is 1. The molecule has 1 saturated heterocycles. The van der Waals surface area contributed by atoms with Gasteiger partial charge in [0.05, 0.1) is 23.0 Å². The van der Waals surface area contributed by atoms with Crippen molar-refractivity contribution in [3.8, 4) is 0 Å². The smallest absolute Gasteiger partial charge is 0.253 e. The summed E-state index contributed by atoms with van der Waals surface area (Å²) >= 11 is 5.92. The van der Waals surface area contributed by atoms with Crippen molar-refractivity contribution in [2.75, 3.05) is 11.9 Å². The third-order valence-electron chi connectivity index (χ3n) is 2.69. The largest absolute Gasteiger partial charge is 0.364 e. The molecule has 5 nitrogen and oxygen atoms in total. The lowest BCUT2D eigenvalue weighted by molar-refractivity contribution is -0.126. The van der Waals surface area contributed by atoms with E-state index in [2.05, 4.69) is 10.3 Å². The molecule has 0 saturated carbocycles. The summed E-state index contributed by atoms with van der Waals surface area (Å²) in [5.74, 6) is -0.198. The van der Waals surface area contributed by atoms with Gasteiger partial charge in [0.2, 0.25) is 0 Å². The minimum absolute atomic E-state index is 0.0184. The molecule has 3 N–H and O–H groups in total. The van der Waals surface area contributed by atoms with Gasteiger partial charge in [-0.05, 0) is 18.9 Å². The first-order valence-electron chi connectivity index (χ1n) is 5.46. The Balaban J connectivity index is 1.96. The summed E-state index contributed by atoms with van der Waals surface area (Å²) in [4.78, 5) is 15.8. The fourth-order valence-corrected chi connectivity index (χ4v) is 1.91. The summed E-state index contributed by atoms with van der Waals surface area (Å²) in [6, 6.07) is 1.62. The number of hydrogen-bond donors (Lipinski definition) is 2. The number of anilines is 1. The van der Waals surface area contributed by atoms with Gasteiger partial charge in [0.15, 0.2) is 0 Å². The molecule has 2 rings (SSSR count). The highest BCUT2D eigenvalue weighted by Crippen LogP contribution is 2.23. The lowest BCUT2D eigenvalue weighted by Crippen LogP contribution is -2.29. The first-order chi connectivity index (χ1) is 8.20. The number of amides is 1. The Bertz CT molecular complexity index is 413. The number of hydrogen-bond acceptors (Lipinski definition) is 4. The molecule has 2 heterocycles. The second kappa shape index (κ2) is 5.44. The number of nitrogens with one attached hydrogen (secondary N) is 1. The molecule has 1 aromatic rings. The minimum atomic E-state index is -0.445. The number of ether oxygens (including phenoxy) is 1. The van der Waals surface area contributed by atoms with Crippen molar-refractivity contribution in [1.82, 2.24) is 4.98 Å². The van der Waals surface area contributed by atoms with Crippen LogP contribution in [0.3, 0.4) is 0 Å². The predicted molar refractivity (Wildman–Crippen MR) is 64.8 cm³/mol. The van der Waals surface area contributed by atoms with Crippen LogP contribution in [0.2, 0.25) is 5.02 Å². The lowest BCUT2D eigenvalue weighted by atomic mass is 10.2. The maximum absolute atomic E-state index is 11.9. The van der Waals surface area contributed by atoms with Gasteiger partial charge in [0.1, 0.15) is 6.10 Å². The van der Waals surface area contributed by atoms with Crippen LogP contribution in [0.5, 0.6) is 0 Å². The predicted octanol–water partition coefficient (Wildman–Crippen LogP) is 1.18. The number of carbonyl (C=O) groups is 1. The van der Waals surface area contributed by atoms with Crippen LogP contribution in [0.4, 0.5) is 5.69 Å². The van der Waals surface area contributed by atoms with E-state index < -0.39 is 6.10 Å². The summed E-state index contributed by atoms with van der Waals surface area (Å²) in [7, 11) is 0. The van der Waals surface area contributed by atoms with E-state index in [4.69, 9.17) is 22.1 Å². The van der Waals surface area contributed by atoms with Crippen molar-refractivity contribution < 1.29 is 9.53 Å². The van der Waals surface area contributed by atoms with Gasteiger partial charge in [-0.2, -0.15) is 0 Å². The second-order valence-corrected chi connectivity index (χ2v) is 4.31. The molecule has 17 heavy (non-hydrogen) atoms. The summed E-state index contributed by atoms with van der Waals surface area (Å²) < 4.78 is 5.48. The van der Waals surface area contributed by atoms with Crippen LogP contribution in [-0.4, -0.2) is 29.6 Å². The van der Waals surface area contributed by atoms with Crippen LogP contribution in [0, 0.1) is 0 Å². The highest BCUT2D eigenvalue weighted by molar-refractivity contribution is 6.33. The fraction of sp³-hybridized carbons (Fsp3) is 0.455. The van der Waals surface area contributed by atoms with Crippen molar-refractivity contribution in [3.63, 3.8) is 0 Å². The van der Waals surface area contributed by atoms with Gasteiger partial charge in [0.25, 0.3) is 5.91 Å². The number of nitrogens with zero attached hydrogens (tertiary/aromatic N) is 1.